The molecule has 0 aromatic carbocycles. The third kappa shape index (κ3) is 5.35. The molecule has 0 atom stereocenters. The number of nitrogens with two attached hydrogens (primary N) is 1. The van der Waals surface area contributed by atoms with Crippen molar-refractivity contribution in [3.05, 3.63) is 24.5 Å². The van der Waals surface area contributed by atoms with Crippen LogP contribution in [0.1, 0.15) is 25.7 Å². The van der Waals surface area contributed by atoms with Gasteiger partial charge in [-0.3, -0.25) is 9.78 Å². The molecule has 6 heteroatoms. The predicted octanol–water partition coefficient (Wildman–Crippen LogP) is 2.63. The van der Waals surface area contributed by atoms with Crippen molar-refractivity contribution in [2.45, 2.75) is 25.7 Å². The molecule has 1 aliphatic rings. The minimum atomic E-state index is 0. The average Bonchev–Trinajstić information content (AvgIpc) is 2.40. The van der Waals surface area contributed by atoms with Crippen LogP contribution < -0.4 is 11.1 Å². The van der Waals surface area contributed by atoms with Gasteiger partial charge in [0, 0.05) is 12.1 Å². The number of carbonyl (C=O) groups excluding carboxylic acids is 1. The van der Waals surface area contributed by atoms with Crippen LogP contribution in [-0.4, -0.2) is 17.4 Å². The van der Waals surface area contributed by atoms with Gasteiger partial charge in [-0.15, -0.1) is 24.8 Å². The molecule has 4 nitrogen and oxygen atoms in total. The zero-order chi connectivity index (χ0) is 12.1. The molecule has 108 valence electrons. The molecule has 0 spiro atoms. The fourth-order valence-electron chi connectivity index (χ4n) is 2.34. The van der Waals surface area contributed by atoms with E-state index in [1.54, 1.807) is 12.4 Å². The van der Waals surface area contributed by atoms with E-state index in [1.807, 2.05) is 12.1 Å². The summed E-state index contributed by atoms with van der Waals surface area (Å²) in [7, 11) is 0. The molecule has 1 saturated carbocycles. The van der Waals surface area contributed by atoms with Gasteiger partial charge in [-0.25, -0.2) is 0 Å². The molecule has 19 heavy (non-hydrogen) atoms. The Kier molecular flexibility index (Phi) is 8.72. The van der Waals surface area contributed by atoms with E-state index in [1.165, 1.54) is 0 Å². The number of rotatable bonds is 3. The van der Waals surface area contributed by atoms with Gasteiger partial charge < -0.3 is 11.1 Å². The lowest BCUT2D eigenvalue weighted by atomic mass is 9.81. The van der Waals surface area contributed by atoms with Crippen LogP contribution in [0.4, 0.5) is 5.69 Å². The Morgan fingerprint density at radius 2 is 2.00 bits per heavy atom. The highest BCUT2D eigenvalue weighted by atomic mass is 35.5. The average molecular weight is 306 g/mol. The van der Waals surface area contributed by atoms with Crippen molar-refractivity contribution in [1.82, 2.24) is 4.98 Å². The largest absolute Gasteiger partial charge is 0.330 e. The highest BCUT2D eigenvalue weighted by Crippen LogP contribution is 2.28. The summed E-state index contributed by atoms with van der Waals surface area (Å²) in [6.07, 6.45) is 7.41. The number of hydrogen-bond donors (Lipinski definition) is 2. The van der Waals surface area contributed by atoms with E-state index in [0.717, 1.165) is 37.9 Å². The summed E-state index contributed by atoms with van der Waals surface area (Å²) in [6, 6.07) is 3.68. The van der Waals surface area contributed by atoms with Gasteiger partial charge in [-0.2, -0.15) is 0 Å². The molecule has 0 unspecified atom stereocenters. The number of pyridine rings is 1. The fraction of sp³-hybridized carbons (Fsp3) is 0.538. The second kappa shape index (κ2) is 9.13. The van der Waals surface area contributed by atoms with Crippen LogP contribution in [0.25, 0.3) is 0 Å². The van der Waals surface area contributed by atoms with Crippen molar-refractivity contribution in [3.8, 4) is 0 Å². The standard InChI is InChI=1S/C13H19N3O.2ClH/c14-8-10-3-5-11(6-4-10)13(17)16-12-2-1-7-15-9-12;;/h1-2,7,9-11H,3-6,8,14H2,(H,16,17);2*1H. The summed E-state index contributed by atoms with van der Waals surface area (Å²) in [6.45, 7) is 0.747. The molecule has 0 radical (unpaired) electrons. The lowest BCUT2D eigenvalue weighted by Crippen LogP contribution is -2.29. The first-order valence-corrected chi connectivity index (χ1v) is 6.20. The van der Waals surface area contributed by atoms with E-state index in [9.17, 15) is 4.79 Å². The van der Waals surface area contributed by atoms with Crippen LogP contribution in [-0.2, 0) is 4.79 Å². The first-order chi connectivity index (χ1) is 8.29. The number of anilines is 1. The molecule has 1 aliphatic carbocycles. The Hall–Kier alpha value is -0.840. The smallest absolute Gasteiger partial charge is 0.227 e. The lowest BCUT2D eigenvalue weighted by Gasteiger charge is -2.26. The maximum Gasteiger partial charge on any atom is 0.227 e. The number of aromatic nitrogens is 1. The van der Waals surface area contributed by atoms with Crippen LogP contribution in [0.3, 0.4) is 0 Å². The summed E-state index contributed by atoms with van der Waals surface area (Å²) in [5.74, 6) is 0.865. The van der Waals surface area contributed by atoms with Crippen LogP contribution >= 0.6 is 24.8 Å². The fourth-order valence-corrected chi connectivity index (χ4v) is 2.34. The van der Waals surface area contributed by atoms with Gasteiger partial charge in [0.15, 0.2) is 0 Å². The third-order valence-corrected chi connectivity index (χ3v) is 3.48. The van der Waals surface area contributed by atoms with Crippen LogP contribution in [0.2, 0.25) is 0 Å². The highest BCUT2D eigenvalue weighted by Gasteiger charge is 2.25. The molecule has 1 fully saturated rings. The van der Waals surface area contributed by atoms with Crippen molar-refractivity contribution in [2.75, 3.05) is 11.9 Å². The number of hydrogen-bond acceptors (Lipinski definition) is 3. The number of carbonyl (C=O) groups is 1. The van der Waals surface area contributed by atoms with Gasteiger partial charge in [0.05, 0.1) is 11.9 Å². The summed E-state index contributed by atoms with van der Waals surface area (Å²) in [4.78, 5) is 16.0. The van der Waals surface area contributed by atoms with E-state index in [2.05, 4.69) is 10.3 Å². The van der Waals surface area contributed by atoms with E-state index < -0.39 is 0 Å². The number of amides is 1. The molecule has 1 heterocycles. The molecule has 1 aromatic rings. The minimum absolute atomic E-state index is 0. The van der Waals surface area contributed by atoms with Crippen LogP contribution in [0.5, 0.6) is 0 Å². The van der Waals surface area contributed by atoms with Crippen LogP contribution in [0, 0.1) is 11.8 Å². The Morgan fingerprint density at radius 1 is 1.32 bits per heavy atom. The van der Waals surface area contributed by atoms with Gasteiger partial charge in [0.1, 0.15) is 0 Å². The Bertz CT molecular complexity index is 367. The predicted molar refractivity (Wildman–Crippen MR) is 81.9 cm³/mol. The molecular weight excluding hydrogens is 285 g/mol. The van der Waals surface area contributed by atoms with Crippen molar-refractivity contribution in [1.29, 1.82) is 0 Å². The van der Waals surface area contributed by atoms with Crippen molar-refractivity contribution in [2.24, 2.45) is 17.6 Å². The molecule has 1 aromatic heterocycles. The molecule has 3 N–H and O–H groups in total. The normalized spacial score (nSPS) is 21.7. The van der Waals surface area contributed by atoms with Crippen molar-refractivity contribution >= 4 is 36.4 Å². The van der Waals surface area contributed by atoms with Gasteiger partial charge in [0.2, 0.25) is 5.91 Å². The van der Waals surface area contributed by atoms with Gasteiger partial charge >= 0.3 is 0 Å². The third-order valence-electron chi connectivity index (χ3n) is 3.48. The summed E-state index contributed by atoms with van der Waals surface area (Å²) >= 11 is 0. The van der Waals surface area contributed by atoms with E-state index >= 15 is 0 Å². The maximum atomic E-state index is 12.0. The molecule has 0 saturated heterocycles. The highest BCUT2D eigenvalue weighted by molar-refractivity contribution is 5.92. The molecule has 2 rings (SSSR count). The zero-order valence-electron chi connectivity index (χ0n) is 10.7. The maximum absolute atomic E-state index is 12.0. The van der Waals surface area contributed by atoms with E-state index in [4.69, 9.17) is 5.73 Å². The Balaban J connectivity index is 0.00000162. The molecule has 1 amide bonds. The first kappa shape index (κ1) is 18.2. The summed E-state index contributed by atoms with van der Waals surface area (Å²) in [5.41, 5.74) is 6.42. The molecule has 0 aliphatic heterocycles. The van der Waals surface area contributed by atoms with Gasteiger partial charge in [-0.05, 0) is 50.3 Å². The van der Waals surface area contributed by atoms with Crippen molar-refractivity contribution in [3.63, 3.8) is 0 Å². The lowest BCUT2D eigenvalue weighted by molar-refractivity contribution is -0.121. The van der Waals surface area contributed by atoms with Gasteiger partial charge in [0.25, 0.3) is 0 Å². The second-order valence-electron chi connectivity index (χ2n) is 4.68. The van der Waals surface area contributed by atoms with Gasteiger partial charge in [-0.1, -0.05) is 0 Å². The second-order valence-corrected chi connectivity index (χ2v) is 4.68. The topological polar surface area (TPSA) is 68.0 Å². The number of nitrogens with one attached hydrogen (secondary N) is 1. The number of nitrogens with zero attached hydrogens (tertiary/aromatic N) is 1. The van der Waals surface area contributed by atoms with Crippen molar-refractivity contribution < 1.29 is 4.79 Å². The Morgan fingerprint density at radius 3 is 2.53 bits per heavy atom. The zero-order valence-corrected chi connectivity index (χ0v) is 12.4. The SMILES string of the molecule is Cl.Cl.NCC1CCC(C(=O)Nc2cccnc2)CC1. The molecule has 0 bridgehead atoms. The summed E-state index contributed by atoms with van der Waals surface area (Å²) in [5, 5.41) is 2.91. The minimum Gasteiger partial charge on any atom is -0.330 e. The van der Waals surface area contributed by atoms with Crippen LogP contribution in [0.15, 0.2) is 24.5 Å². The summed E-state index contributed by atoms with van der Waals surface area (Å²) < 4.78 is 0. The van der Waals surface area contributed by atoms with E-state index in [0.29, 0.717) is 5.92 Å². The first-order valence-electron chi connectivity index (χ1n) is 6.20. The monoisotopic (exact) mass is 305 g/mol. The Labute approximate surface area is 126 Å². The molecular formula is C13H21Cl2N3O. The quantitative estimate of drug-likeness (QED) is 0.902. The van der Waals surface area contributed by atoms with E-state index in [-0.39, 0.29) is 36.6 Å². The number of halogens is 2.